The van der Waals surface area contributed by atoms with Crippen LogP contribution in [-0.2, 0) is 0 Å². The number of para-hydroxylation sites is 1. The lowest BCUT2D eigenvalue weighted by Gasteiger charge is -2.15. The summed E-state index contributed by atoms with van der Waals surface area (Å²) in [4.78, 5) is 10.5. The van der Waals surface area contributed by atoms with E-state index in [-0.39, 0.29) is 11.7 Å². The number of anilines is 1. The minimum absolute atomic E-state index is 0.0418. The van der Waals surface area contributed by atoms with E-state index in [9.17, 15) is 10.1 Å². The van der Waals surface area contributed by atoms with Crippen molar-refractivity contribution in [2.24, 2.45) is 5.92 Å². The Morgan fingerprint density at radius 1 is 1.59 bits per heavy atom. The normalized spacial score (nSPS) is 16.6. The van der Waals surface area contributed by atoms with Gasteiger partial charge in [0.2, 0.25) is 0 Å². The van der Waals surface area contributed by atoms with Gasteiger partial charge in [0.05, 0.1) is 9.95 Å². The number of nitro benzene ring substituents is 1. The highest BCUT2D eigenvalue weighted by Crippen LogP contribution is 2.36. The molecule has 1 N–H and O–H groups in total. The van der Waals surface area contributed by atoms with Crippen LogP contribution in [0, 0.1) is 16.0 Å². The SMILES string of the molecule is CC(CC1CC1)Nc1c(Cl)cccc1[N+](=O)[O-]. The van der Waals surface area contributed by atoms with Gasteiger partial charge in [0.1, 0.15) is 5.69 Å². The van der Waals surface area contributed by atoms with Crippen LogP contribution in [0.2, 0.25) is 5.02 Å². The van der Waals surface area contributed by atoms with Gasteiger partial charge in [-0.3, -0.25) is 10.1 Å². The van der Waals surface area contributed by atoms with E-state index in [1.165, 1.54) is 18.9 Å². The van der Waals surface area contributed by atoms with Gasteiger partial charge in [-0.2, -0.15) is 0 Å². The second kappa shape index (κ2) is 4.92. The Hall–Kier alpha value is -1.29. The standard InChI is InChI=1S/C12H15ClN2O2/c1-8(7-9-5-6-9)14-12-10(13)3-2-4-11(12)15(16)17/h2-4,8-9,14H,5-7H2,1H3. The van der Waals surface area contributed by atoms with E-state index in [0.29, 0.717) is 10.7 Å². The van der Waals surface area contributed by atoms with E-state index < -0.39 is 4.92 Å². The summed E-state index contributed by atoms with van der Waals surface area (Å²) in [6.07, 6.45) is 3.59. The van der Waals surface area contributed by atoms with Crippen molar-refractivity contribution in [3.8, 4) is 0 Å². The predicted molar refractivity (Wildman–Crippen MR) is 68.5 cm³/mol. The first-order valence-corrected chi connectivity index (χ1v) is 6.15. The zero-order valence-corrected chi connectivity index (χ0v) is 10.4. The molecule has 1 aliphatic carbocycles. The van der Waals surface area contributed by atoms with Crippen LogP contribution in [0.5, 0.6) is 0 Å². The van der Waals surface area contributed by atoms with Gasteiger partial charge in [-0.05, 0) is 25.3 Å². The van der Waals surface area contributed by atoms with Crippen LogP contribution in [0.3, 0.4) is 0 Å². The van der Waals surface area contributed by atoms with Crippen LogP contribution in [-0.4, -0.2) is 11.0 Å². The average Bonchev–Trinajstić information content (AvgIpc) is 3.04. The van der Waals surface area contributed by atoms with Crippen molar-refractivity contribution in [1.82, 2.24) is 0 Å². The first kappa shape index (κ1) is 12.2. The van der Waals surface area contributed by atoms with Crippen molar-refractivity contribution < 1.29 is 4.92 Å². The highest BCUT2D eigenvalue weighted by molar-refractivity contribution is 6.33. The maximum absolute atomic E-state index is 10.9. The van der Waals surface area contributed by atoms with Crippen molar-refractivity contribution in [2.45, 2.75) is 32.2 Å². The lowest BCUT2D eigenvalue weighted by atomic mass is 10.1. The van der Waals surface area contributed by atoms with Gasteiger partial charge in [0, 0.05) is 12.1 Å². The smallest absolute Gasteiger partial charge is 0.293 e. The molecule has 1 atom stereocenters. The molecule has 92 valence electrons. The summed E-state index contributed by atoms with van der Waals surface area (Å²) < 4.78 is 0. The summed E-state index contributed by atoms with van der Waals surface area (Å²) in [7, 11) is 0. The fraction of sp³-hybridized carbons (Fsp3) is 0.500. The fourth-order valence-electron chi connectivity index (χ4n) is 1.97. The van der Waals surface area contributed by atoms with E-state index in [0.717, 1.165) is 12.3 Å². The van der Waals surface area contributed by atoms with E-state index in [1.54, 1.807) is 12.1 Å². The molecule has 0 saturated heterocycles. The van der Waals surface area contributed by atoms with Crippen LogP contribution in [0.15, 0.2) is 18.2 Å². The number of nitro groups is 1. The molecule has 17 heavy (non-hydrogen) atoms. The molecular formula is C12H15ClN2O2. The summed E-state index contributed by atoms with van der Waals surface area (Å²) in [6.45, 7) is 2.03. The number of rotatable bonds is 5. The highest BCUT2D eigenvalue weighted by atomic mass is 35.5. The molecule has 0 aromatic heterocycles. The van der Waals surface area contributed by atoms with Gasteiger partial charge < -0.3 is 5.32 Å². The lowest BCUT2D eigenvalue weighted by Crippen LogP contribution is -2.17. The monoisotopic (exact) mass is 254 g/mol. The lowest BCUT2D eigenvalue weighted by molar-refractivity contribution is -0.384. The van der Waals surface area contributed by atoms with Crippen molar-refractivity contribution in [3.63, 3.8) is 0 Å². The second-order valence-electron chi connectivity index (χ2n) is 4.62. The van der Waals surface area contributed by atoms with Crippen LogP contribution >= 0.6 is 11.6 Å². The number of hydrogen-bond acceptors (Lipinski definition) is 3. The summed E-state index contributed by atoms with van der Waals surface area (Å²) in [6, 6.07) is 4.94. The van der Waals surface area contributed by atoms with Crippen molar-refractivity contribution in [2.75, 3.05) is 5.32 Å². The molecule has 0 radical (unpaired) electrons. The third-order valence-electron chi connectivity index (χ3n) is 2.96. The molecule has 1 aliphatic rings. The summed E-state index contributed by atoms with van der Waals surface area (Å²) in [5, 5.41) is 14.5. The molecule has 0 amide bonds. The molecule has 4 nitrogen and oxygen atoms in total. The largest absolute Gasteiger partial charge is 0.376 e. The number of nitrogens with one attached hydrogen (secondary N) is 1. The molecule has 1 saturated carbocycles. The predicted octanol–water partition coefficient (Wildman–Crippen LogP) is 3.85. The van der Waals surface area contributed by atoms with Gasteiger partial charge in [-0.1, -0.05) is 30.5 Å². The minimum atomic E-state index is -0.405. The average molecular weight is 255 g/mol. The Morgan fingerprint density at radius 2 is 2.29 bits per heavy atom. The van der Waals surface area contributed by atoms with Gasteiger partial charge in [0.25, 0.3) is 5.69 Å². The van der Waals surface area contributed by atoms with Crippen molar-refractivity contribution in [3.05, 3.63) is 33.3 Å². The third kappa shape index (κ3) is 3.09. The quantitative estimate of drug-likeness (QED) is 0.641. The van der Waals surface area contributed by atoms with Gasteiger partial charge in [-0.15, -0.1) is 0 Å². The molecular weight excluding hydrogens is 240 g/mol. The Morgan fingerprint density at radius 3 is 2.88 bits per heavy atom. The van der Waals surface area contributed by atoms with E-state index in [1.807, 2.05) is 6.92 Å². The zero-order valence-electron chi connectivity index (χ0n) is 9.65. The molecule has 1 aromatic rings. The topological polar surface area (TPSA) is 55.2 Å². The van der Waals surface area contributed by atoms with Crippen LogP contribution in [0.25, 0.3) is 0 Å². The minimum Gasteiger partial charge on any atom is -0.376 e. The molecule has 0 spiro atoms. The molecule has 0 heterocycles. The van der Waals surface area contributed by atoms with Gasteiger partial charge in [-0.25, -0.2) is 0 Å². The first-order valence-electron chi connectivity index (χ1n) is 5.77. The number of halogens is 1. The summed E-state index contributed by atoms with van der Waals surface area (Å²) in [5.74, 6) is 0.777. The Balaban J connectivity index is 2.14. The number of nitrogens with zero attached hydrogens (tertiary/aromatic N) is 1. The number of hydrogen-bond donors (Lipinski definition) is 1. The molecule has 5 heteroatoms. The summed E-state index contributed by atoms with van der Waals surface area (Å²) in [5.41, 5.74) is 0.479. The summed E-state index contributed by atoms with van der Waals surface area (Å²) >= 11 is 6.00. The van der Waals surface area contributed by atoms with Gasteiger partial charge in [0.15, 0.2) is 0 Å². The molecule has 0 bridgehead atoms. The van der Waals surface area contributed by atoms with Crippen LogP contribution in [0.4, 0.5) is 11.4 Å². The third-order valence-corrected chi connectivity index (χ3v) is 3.28. The molecule has 1 aromatic carbocycles. The van der Waals surface area contributed by atoms with E-state index in [4.69, 9.17) is 11.6 Å². The number of benzene rings is 1. The molecule has 0 aliphatic heterocycles. The maximum atomic E-state index is 10.9. The van der Waals surface area contributed by atoms with Crippen molar-refractivity contribution in [1.29, 1.82) is 0 Å². The van der Waals surface area contributed by atoms with Crippen LogP contribution in [0.1, 0.15) is 26.2 Å². The molecule has 1 unspecified atom stereocenters. The van der Waals surface area contributed by atoms with E-state index in [2.05, 4.69) is 5.32 Å². The van der Waals surface area contributed by atoms with Gasteiger partial charge >= 0.3 is 0 Å². The Labute approximate surface area is 105 Å². The van der Waals surface area contributed by atoms with E-state index >= 15 is 0 Å². The fourth-order valence-corrected chi connectivity index (χ4v) is 2.19. The first-order chi connectivity index (χ1) is 8.08. The maximum Gasteiger partial charge on any atom is 0.293 e. The second-order valence-corrected chi connectivity index (χ2v) is 5.02. The Kier molecular flexibility index (Phi) is 3.52. The molecule has 2 rings (SSSR count). The molecule has 1 fully saturated rings. The Bertz CT molecular complexity index is 433. The van der Waals surface area contributed by atoms with Crippen LogP contribution < -0.4 is 5.32 Å². The highest BCUT2D eigenvalue weighted by Gasteiger charge is 2.25. The van der Waals surface area contributed by atoms with Crippen molar-refractivity contribution >= 4 is 23.0 Å². The zero-order chi connectivity index (χ0) is 12.4.